The smallest absolute Gasteiger partial charge is 0.164 e. The van der Waals surface area contributed by atoms with Crippen molar-refractivity contribution in [3.8, 4) is 117 Å². The van der Waals surface area contributed by atoms with Crippen molar-refractivity contribution < 1.29 is 8.83 Å². The Morgan fingerprint density at radius 3 is 1.22 bits per heavy atom. The van der Waals surface area contributed by atoms with Gasteiger partial charge in [0.25, 0.3) is 0 Å². The van der Waals surface area contributed by atoms with Crippen LogP contribution in [0.15, 0.2) is 300 Å². The summed E-state index contributed by atoms with van der Waals surface area (Å²) in [5.41, 5.74) is 19.3. The Bertz CT molecular complexity index is 6910. The second kappa shape index (κ2) is 23.3. The van der Waals surface area contributed by atoms with Crippen molar-refractivity contribution in [3.05, 3.63) is 291 Å². The van der Waals surface area contributed by atoms with Gasteiger partial charge in [0.2, 0.25) is 0 Å². The third-order valence-corrected chi connectivity index (χ3v) is 22.3. The Balaban J connectivity index is 0.626. The zero-order chi connectivity index (χ0) is 66.9. The number of rotatable bonds is 11. The molecule has 21 rings (SSSR count). The molecule has 8 heterocycles. The predicted octanol–water partition coefficient (Wildman–Crippen LogP) is 23.5. The van der Waals surface area contributed by atoms with E-state index in [9.17, 15) is 0 Å². The van der Waals surface area contributed by atoms with Crippen LogP contribution in [-0.4, -0.2) is 49.4 Å². The van der Waals surface area contributed by atoms with E-state index in [0.717, 1.165) is 178 Å². The zero-order valence-corrected chi connectivity index (χ0v) is 56.2. The molecule has 0 saturated carbocycles. The molecule has 0 aliphatic rings. The molecule has 0 bridgehead atoms. The summed E-state index contributed by atoms with van der Waals surface area (Å²) in [4.78, 5) is 47.0. The first-order valence-electron chi connectivity index (χ1n) is 33.4. The van der Waals surface area contributed by atoms with Gasteiger partial charge in [0.1, 0.15) is 37.4 Å². The molecule has 0 amide bonds. The quantitative estimate of drug-likeness (QED) is 0.122. The van der Waals surface area contributed by atoms with Crippen molar-refractivity contribution in [3.63, 3.8) is 0 Å². The van der Waals surface area contributed by atoms with E-state index in [2.05, 4.69) is 174 Å². The van der Waals surface area contributed by atoms with E-state index in [4.69, 9.17) is 53.7 Å². The Morgan fingerprint density at radius 2 is 0.637 bits per heavy atom. The maximum atomic E-state index is 6.64. The Labute approximate surface area is 592 Å². The fraction of sp³-hybridized carbons (Fsp3) is 0. The lowest BCUT2D eigenvalue weighted by molar-refractivity contribution is 0.668. The van der Waals surface area contributed by atoms with E-state index in [0.29, 0.717) is 34.9 Å². The number of benzene rings is 13. The minimum atomic E-state index is 0.537. The molecule has 0 N–H and O–H groups in total. The van der Waals surface area contributed by atoms with Crippen LogP contribution in [-0.2, 0) is 0 Å². The summed E-state index contributed by atoms with van der Waals surface area (Å²) in [5, 5.41) is 8.84. The molecule has 0 atom stereocenters. The molecule has 476 valence electrons. The Kier molecular flexibility index (Phi) is 13.2. The highest BCUT2D eigenvalue weighted by molar-refractivity contribution is 7.22. The number of hydrogen-bond donors (Lipinski definition) is 0. The van der Waals surface area contributed by atoms with E-state index < -0.39 is 0 Å². The maximum Gasteiger partial charge on any atom is 0.164 e. The van der Waals surface area contributed by atoms with Crippen LogP contribution in [0.1, 0.15) is 0 Å². The monoisotopic (exact) mass is 1360 g/mol. The van der Waals surface area contributed by atoms with Crippen LogP contribution >= 0.6 is 34.0 Å². The molecular weight excluding hydrogens is 1310 g/mol. The van der Waals surface area contributed by atoms with Crippen LogP contribution in [0.3, 0.4) is 0 Å². The van der Waals surface area contributed by atoms with Crippen molar-refractivity contribution in [2.24, 2.45) is 0 Å². The minimum absolute atomic E-state index is 0.537. The first-order valence-corrected chi connectivity index (χ1v) is 35.8. The number of aromatic nitrogens is 10. The summed E-state index contributed by atoms with van der Waals surface area (Å²) in [7, 11) is 0. The zero-order valence-electron chi connectivity index (χ0n) is 53.7. The summed E-state index contributed by atoms with van der Waals surface area (Å²) in [5.74, 6) is 3.32. The van der Waals surface area contributed by atoms with Gasteiger partial charge in [0.05, 0.1) is 41.7 Å². The van der Waals surface area contributed by atoms with Gasteiger partial charge in [-0.05, 0) is 96.1 Å². The molecule has 13 aromatic carbocycles. The summed E-state index contributed by atoms with van der Waals surface area (Å²) in [6.07, 6.45) is 0. The number of para-hydroxylation sites is 3. The number of furan rings is 2. The average Bonchev–Trinajstić information content (AvgIpc) is 1.64. The number of nitrogens with zero attached hydrogens (tertiary/aromatic N) is 10. The van der Waals surface area contributed by atoms with Crippen LogP contribution < -0.4 is 0 Å². The van der Waals surface area contributed by atoms with E-state index in [-0.39, 0.29) is 0 Å². The lowest BCUT2D eigenvalue weighted by Gasteiger charge is -2.12. The lowest BCUT2D eigenvalue weighted by Crippen LogP contribution is -2.01. The molecule has 0 spiro atoms. The molecule has 21 aromatic rings. The third kappa shape index (κ3) is 9.65. The number of fused-ring (bicyclic) bond motifs is 12. The topological polar surface area (TPSA) is 147 Å². The van der Waals surface area contributed by atoms with Crippen LogP contribution in [0.2, 0.25) is 0 Å². The van der Waals surface area contributed by atoms with Crippen LogP contribution in [0, 0.1) is 0 Å². The minimum Gasteiger partial charge on any atom is -0.456 e. The predicted molar refractivity (Wildman–Crippen MR) is 416 cm³/mol. The summed E-state index contributed by atoms with van der Waals surface area (Å²) in [6, 6.07) is 100. The highest BCUT2D eigenvalue weighted by Crippen LogP contribution is 2.47. The molecule has 0 radical (unpaired) electrons. The third-order valence-electron chi connectivity index (χ3n) is 19.1. The molecule has 8 aromatic heterocycles. The van der Waals surface area contributed by atoms with Gasteiger partial charge in [-0.15, -0.1) is 34.0 Å². The highest BCUT2D eigenvalue weighted by atomic mass is 32.1. The fourth-order valence-corrected chi connectivity index (χ4v) is 17.3. The van der Waals surface area contributed by atoms with E-state index in [1.807, 2.05) is 121 Å². The second-order valence-electron chi connectivity index (χ2n) is 25.2. The lowest BCUT2D eigenvalue weighted by atomic mass is 10.0. The van der Waals surface area contributed by atoms with Gasteiger partial charge in [-0.3, -0.25) is 0 Å². The first-order chi connectivity index (χ1) is 50.5. The maximum absolute atomic E-state index is 6.64. The summed E-state index contributed by atoms with van der Waals surface area (Å²) in [6.45, 7) is 0. The highest BCUT2D eigenvalue weighted by Gasteiger charge is 2.25. The fourth-order valence-electron chi connectivity index (χ4n) is 14.3. The standard InChI is InChI=1S/C87H48N10O2S3/c1-3-18-49(19-4-1)79-91-81(95-83(93-79)59-25-14-32-68-75(59)77-61(27-16-34-70(77)98-68)86-88-63-29-8-11-36-72(63)101-86)51-38-40-52(41-39-51)85-90-65-47-53(43-45-74(65)100-85)54-42-44-58-57-24-7-10-31-66(57)97(67(58)48-54)56-23-13-22-55(46-56)82-92-80(50-20-5-2-6-21-50)94-84(96-82)60-26-15-33-69-76(60)78-62(28-17-35-71(78)99-69)87-89-64-30-9-12-37-73(64)102-87/h1-48H. The Morgan fingerprint density at radius 1 is 0.235 bits per heavy atom. The Hall–Kier alpha value is -13.1. The van der Waals surface area contributed by atoms with Gasteiger partial charge in [0, 0.05) is 88.1 Å². The molecule has 15 heteroatoms. The molecular formula is C87H48N10O2S3. The molecule has 0 aliphatic heterocycles. The normalized spacial score (nSPS) is 11.9. The number of hydrogen-bond acceptors (Lipinski definition) is 14. The molecule has 102 heavy (non-hydrogen) atoms. The van der Waals surface area contributed by atoms with E-state index >= 15 is 0 Å². The molecule has 0 aliphatic carbocycles. The van der Waals surface area contributed by atoms with E-state index in [1.54, 1.807) is 34.0 Å². The summed E-state index contributed by atoms with van der Waals surface area (Å²) < 4.78 is 18.9. The molecule has 0 unspecified atom stereocenters. The first kappa shape index (κ1) is 58.0. The largest absolute Gasteiger partial charge is 0.456 e. The van der Waals surface area contributed by atoms with Crippen molar-refractivity contribution >= 4 is 130 Å². The second-order valence-corrected chi connectivity index (χ2v) is 28.2. The van der Waals surface area contributed by atoms with Gasteiger partial charge in [-0.1, -0.05) is 206 Å². The van der Waals surface area contributed by atoms with Gasteiger partial charge in [0.15, 0.2) is 34.9 Å². The van der Waals surface area contributed by atoms with Crippen molar-refractivity contribution in [1.29, 1.82) is 0 Å². The van der Waals surface area contributed by atoms with Crippen molar-refractivity contribution in [2.75, 3.05) is 0 Å². The molecule has 0 fully saturated rings. The molecule has 0 saturated heterocycles. The van der Waals surface area contributed by atoms with E-state index in [1.165, 1.54) is 0 Å². The van der Waals surface area contributed by atoms with Gasteiger partial charge >= 0.3 is 0 Å². The van der Waals surface area contributed by atoms with Crippen LogP contribution in [0.25, 0.3) is 213 Å². The summed E-state index contributed by atoms with van der Waals surface area (Å²) >= 11 is 5.02. The van der Waals surface area contributed by atoms with Gasteiger partial charge in [-0.25, -0.2) is 44.9 Å². The number of thiazole rings is 3. The average molecular weight is 1360 g/mol. The van der Waals surface area contributed by atoms with Crippen LogP contribution in [0.4, 0.5) is 0 Å². The van der Waals surface area contributed by atoms with Crippen molar-refractivity contribution in [1.82, 2.24) is 49.4 Å². The SMILES string of the molecule is c1ccc(-c2nc(-c3ccc(-c4nc5cc(-c6ccc7c8ccccc8n(-c8cccc(-c9nc(-c%10ccccc%10)nc(-c%10cccc%11oc%12cccc(-c%13nc%14ccccc%14s%13)c%12c%10%11)n9)c8)c7c6)ccc5s4)cc3)nc(-c3cccc4oc5cccc(-c6nc7ccccc7s6)c5c34)n2)cc1. The van der Waals surface area contributed by atoms with Gasteiger partial charge in [-0.2, -0.15) is 0 Å². The molecule has 12 nitrogen and oxygen atoms in total. The van der Waals surface area contributed by atoms with Gasteiger partial charge < -0.3 is 13.4 Å². The van der Waals surface area contributed by atoms with Crippen LogP contribution in [0.5, 0.6) is 0 Å². The van der Waals surface area contributed by atoms with Crippen molar-refractivity contribution in [2.45, 2.75) is 0 Å².